The Kier molecular flexibility index (Phi) is 4.91. The van der Waals surface area contributed by atoms with Gasteiger partial charge >= 0.3 is 5.97 Å². The van der Waals surface area contributed by atoms with Crippen LogP contribution in [0.3, 0.4) is 0 Å². The van der Waals surface area contributed by atoms with Crippen LogP contribution < -0.4 is 14.2 Å². The summed E-state index contributed by atoms with van der Waals surface area (Å²) in [6.45, 7) is 0.752. The lowest BCUT2D eigenvalue weighted by Crippen LogP contribution is -2.30. The molecule has 7 nitrogen and oxygen atoms in total. The Morgan fingerprint density at radius 3 is 2.44 bits per heavy atom. The molecule has 1 aliphatic rings. The zero-order valence-corrected chi connectivity index (χ0v) is 14.0. The van der Waals surface area contributed by atoms with E-state index in [1.165, 1.54) is 18.2 Å². The minimum Gasteiger partial charge on any atom is -0.486 e. The molecular formula is C17H17NO6S. The Hall–Kier alpha value is -2.58. The number of aliphatic carboxylic acids is 1. The van der Waals surface area contributed by atoms with Crippen molar-refractivity contribution in [2.75, 3.05) is 13.2 Å². The maximum Gasteiger partial charge on any atom is 0.305 e. The van der Waals surface area contributed by atoms with Gasteiger partial charge in [-0.3, -0.25) is 4.79 Å². The number of carboxylic acids is 1. The average Bonchev–Trinajstić information content (AvgIpc) is 2.61. The van der Waals surface area contributed by atoms with Crippen molar-refractivity contribution in [3.05, 3.63) is 54.1 Å². The van der Waals surface area contributed by atoms with Crippen LogP contribution in [0.2, 0.25) is 0 Å². The highest BCUT2D eigenvalue weighted by Gasteiger charge is 2.25. The summed E-state index contributed by atoms with van der Waals surface area (Å²) in [4.78, 5) is 11.1. The molecule has 0 aromatic heterocycles. The van der Waals surface area contributed by atoms with Crippen LogP contribution in [0.1, 0.15) is 18.0 Å². The average molecular weight is 363 g/mol. The van der Waals surface area contributed by atoms with Gasteiger partial charge in [0.05, 0.1) is 17.4 Å². The molecular weight excluding hydrogens is 346 g/mol. The second-order valence-corrected chi connectivity index (χ2v) is 7.20. The first-order valence-electron chi connectivity index (χ1n) is 7.64. The zero-order chi connectivity index (χ0) is 17.9. The molecule has 0 unspecified atom stereocenters. The third kappa shape index (κ3) is 4.09. The molecule has 0 radical (unpaired) electrons. The Morgan fingerprint density at radius 1 is 1.08 bits per heavy atom. The van der Waals surface area contributed by atoms with E-state index < -0.39 is 22.0 Å². The Balaban J connectivity index is 1.89. The molecule has 1 atom stereocenters. The van der Waals surface area contributed by atoms with Crippen molar-refractivity contribution in [3.63, 3.8) is 0 Å². The Labute approximate surface area is 145 Å². The molecule has 0 bridgehead atoms. The lowest BCUT2D eigenvalue weighted by Gasteiger charge is -2.20. The summed E-state index contributed by atoms with van der Waals surface area (Å²) in [5.41, 5.74) is 0.575. The van der Waals surface area contributed by atoms with Crippen molar-refractivity contribution in [3.8, 4) is 11.5 Å². The number of benzene rings is 2. The lowest BCUT2D eigenvalue weighted by molar-refractivity contribution is -0.137. The van der Waals surface area contributed by atoms with E-state index in [0.29, 0.717) is 30.3 Å². The van der Waals surface area contributed by atoms with Crippen molar-refractivity contribution in [1.29, 1.82) is 0 Å². The summed E-state index contributed by atoms with van der Waals surface area (Å²) >= 11 is 0. The fourth-order valence-electron chi connectivity index (χ4n) is 2.53. The van der Waals surface area contributed by atoms with Crippen molar-refractivity contribution in [1.82, 2.24) is 4.72 Å². The molecule has 1 heterocycles. The second-order valence-electron chi connectivity index (χ2n) is 5.49. The highest BCUT2D eigenvalue weighted by molar-refractivity contribution is 7.89. The molecule has 3 rings (SSSR count). The van der Waals surface area contributed by atoms with Gasteiger partial charge in [-0.25, -0.2) is 13.1 Å². The van der Waals surface area contributed by atoms with E-state index in [1.54, 1.807) is 30.3 Å². The number of carbonyl (C=O) groups is 1. The first kappa shape index (κ1) is 17.2. The maximum atomic E-state index is 12.7. The van der Waals surface area contributed by atoms with Crippen molar-refractivity contribution < 1.29 is 27.8 Å². The molecule has 2 aromatic rings. The molecule has 0 saturated carbocycles. The summed E-state index contributed by atoms with van der Waals surface area (Å²) in [5.74, 6) is -0.266. The molecule has 2 N–H and O–H groups in total. The largest absolute Gasteiger partial charge is 0.486 e. The second kappa shape index (κ2) is 7.12. The minimum absolute atomic E-state index is 0.0110. The van der Waals surface area contributed by atoms with Crippen LogP contribution in [0.15, 0.2) is 53.4 Å². The number of sulfonamides is 1. The van der Waals surface area contributed by atoms with Gasteiger partial charge in [0.1, 0.15) is 13.2 Å². The van der Waals surface area contributed by atoms with E-state index in [4.69, 9.17) is 14.6 Å². The minimum atomic E-state index is -3.94. The van der Waals surface area contributed by atoms with Gasteiger partial charge in [-0.2, -0.15) is 0 Å². The molecule has 0 aliphatic carbocycles. The van der Waals surface area contributed by atoms with E-state index in [0.717, 1.165) is 0 Å². The van der Waals surface area contributed by atoms with Gasteiger partial charge in [0.2, 0.25) is 10.0 Å². The Morgan fingerprint density at radius 2 is 1.76 bits per heavy atom. The molecule has 0 spiro atoms. The number of ether oxygens (including phenoxy) is 2. The first-order chi connectivity index (χ1) is 12.0. The van der Waals surface area contributed by atoms with E-state index in [9.17, 15) is 13.2 Å². The van der Waals surface area contributed by atoms with Crippen LogP contribution in [0.25, 0.3) is 0 Å². The molecule has 0 saturated heterocycles. The summed E-state index contributed by atoms with van der Waals surface area (Å²) in [5, 5.41) is 9.10. The quantitative estimate of drug-likeness (QED) is 0.813. The first-order valence-corrected chi connectivity index (χ1v) is 9.13. The van der Waals surface area contributed by atoms with Crippen molar-refractivity contribution >= 4 is 16.0 Å². The molecule has 0 fully saturated rings. The Bertz CT molecular complexity index is 866. The predicted molar refractivity (Wildman–Crippen MR) is 89.2 cm³/mol. The molecule has 0 amide bonds. The number of carboxylic acid groups (broad SMARTS) is 1. The van der Waals surface area contributed by atoms with E-state index >= 15 is 0 Å². The molecule has 1 aliphatic heterocycles. The third-order valence-corrected chi connectivity index (χ3v) is 5.17. The normalized spacial score (nSPS) is 14.7. The fraction of sp³-hybridized carbons (Fsp3) is 0.235. The van der Waals surface area contributed by atoms with Crippen LogP contribution in [0.4, 0.5) is 0 Å². The van der Waals surface area contributed by atoms with Crippen molar-refractivity contribution in [2.45, 2.75) is 17.4 Å². The van der Waals surface area contributed by atoms with Gasteiger partial charge in [-0.05, 0) is 17.7 Å². The third-order valence-electron chi connectivity index (χ3n) is 3.70. The number of hydrogen-bond acceptors (Lipinski definition) is 5. The predicted octanol–water partition coefficient (Wildman–Crippen LogP) is 1.95. The van der Waals surface area contributed by atoms with Crippen LogP contribution in [-0.2, 0) is 14.8 Å². The molecule has 132 valence electrons. The lowest BCUT2D eigenvalue weighted by atomic mass is 10.1. The van der Waals surface area contributed by atoms with E-state index in [1.807, 2.05) is 0 Å². The topological polar surface area (TPSA) is 102 Å². The maximum absolute atomic E-state index is 12.7. The highest BCUT2D eigenvalue weighted by atomic mass is 32.2. The van der Waals surface area contributed by atoms with Gasteiger partial charge in [0.25, 0.3) is 0 Å². The van der Waals surface area contributed by atoms with Gasteiger partial charge in [0.15, 0.2) is 11.5 Å². The molecule has 25 heavy (non-hydrogen) atoms. The van der Waals surface area contributed by atoms with Crippen LogP contribution in [-0.4, -0.2) is 32.7 Å². The van der Waals surface area contributed by atoms with E-state index in [2.05, 4.69) is 4.72 Å². The van der Waals surface area contributed by atoms with Gasteiger partial charge in [0, 0.05) is 6.07 Å². The molecule has 2 aromatic carbocycles. The SMILES string of the molecule is O=C(O)C[C@H](NS(=O)(=O)c1ccc2c(c1)OCCO2)c1ccccc1. The van der Waals surface area contributed by atoms with Gasteiger partial charge in [-0.15, -0.1) is 0 Å². The number of fused-ring (bicyclic) bond motifs is 1. The van der Waals surface area contributed by atoms with Crippen LogP contribution in [0, 0.1) is 0 Å². The zero-order valence-electron chi connectivity index (χ0n) is 13.2. The summed E-state index contributed by atoms with van der Waals surface area (Å²) in [6.07, 6.45) is -0.367. The van der Waals surface area contributed by atoms with Crippen LogP contribution >= 0.6 is 0 Å². The summed E-state index contributed by atoms with van der Waals surface area (Å²) in [6, 6.07) is 12.0. The van der Waals surface area contributed by atoms with Gasteiger partial charge < -0.3 is 14.6 Å². The number of hydrogen-bond donors (Lipinski definition) is 2. The molecule has 8 heteroatoms. The van der Waals surface area contributed by atoms with Gasteiger partial charge in [-0.1, -0.05) is 30.3 Å². The summed E-state index contributed by atoms with van der Waals surface area (Å²) in [7, 11) is -3.94. The highest BCUT2D eigenvalue weighted by Crippen LogP contribution is 2.32. The summed E-state index contributed by atoms with van der Waals surface area (Å²) < 4.78 is 38.6. The van der Waals surface area contributed by atoms with E-state index in [-0.39, 0.29) is 11.3 Å². The van der Waals surface area contributed by atoms with Crippen LogP contribution in [0.5, 0.6) is 11.5 Å². The monoisotopic (exact) mass is 363 g/mol. The fourth-order valence-corrected chi connectivity index (χ4v) is 3.77. The number of rotatable bonds is 6. The standard InChI is InChI=1S/C17H17NO6S/c19-17(20)11-14(12-4-2-1-3-5-12)18-25(21,22)13-6-7-15-16(10-13)24-9-8-23-15/h1-7,10,14,18H,8-9,11H2,(H,19,20)/t14-/m0/s1. The number of nitrogens with one attached hydrogen (secondary N) is 1. The smallest absolute Gasteiger partial charge is 0.305 e. The van der Waals surface area contributed by atoms with Crippen molar-refractivity contribution in [2.24, 2.45) is 0 Å².